The van der Waals surface area contributed by atoms with Crippen molar-refractivity contribution in [2.45, 2.75) is 0 Å². The number of phenols is 1. The van der Waals surface area contributed by atoms with E-state index in [0.717, 1.165) is 39.2 Å². The lowest BCUT2D eigenvalue weighted by Gasteiger charge is -2.14. The fraction of sp³-hybridized carbons (Fsp3) is 0. The van der Waals surface area contributed by atoms with Gasteiger partial charge in [-0.1, -0.05) is 72.8 Å². The van der Waals surface area contributed by atoms with Crippen molar-refractivity contribution in [2.75, 3.05) is 0 Å². The molecule has 0 aliphatic heterocycles. The van der Waals surface area contributed by atoms with Crippen LogP contribution in [0, 0.1) is 0 Å². The highest BCUT2D eigenvalue weighted by atomic mass is 16.3. The number of benzene rings is 4. The largest absolute Gasteiger partial charge is 0.507 e. The lowest BCUT2D eigenvalue weighted by molar-refractivity contribution is 0.477. The Kier molecular flexibility index (Phi) is 3.91. The second-order valence-corrected chi connectivity index (χ2v) is 6.66. The van der Waals surface area contributed by atoms with E-state index in [1.165, 1.54) is 0 Å². The smallest absolute Gasteiger partial charge is 0.146 e. The molecule has 0 spiro atoms. The predicted octanol–water partition coefficient (Wildman–Crippen LogP) is 6.07. The van der Waals surface area contributed by atoms with Crippen molar-refractivity contribution in [3.05, 3.63) is 103 Å². The van der Waals surface area contributed by atoms with E-state index >= 15 is 0 Å². The zero-order valence-corrected chi connectivity index (χ0v) is 15.2. The molecule has 0 unspecified atom stereocenters. The van der Waals surface area contributed by atoms with Gasteiger partial charge in [0.05, 0.1) is 11.0 Å². The summed E-state index contributed by atoms with van der Waals surface area (Å²) in [6, 6.07) is 33.9. The van der Waals surface area contributed by atoms with E-state index in [-0.39, 0.29) is 5.75 Å². The van der Waals surface area contributed by atoms with Crippen LogP contribution in [0.5, 0.6) is 5.75 Å². The quantitative estimate of drug-likeness (QED) is 0.423. The van der Waals surface area contributed by atoms with Crippen LogP contribution in [0.1, 0.15) is 0 Å². The van der Waals surface area contributed by atoms with Gasteiger partial charge in [-0.25, -0.2) is 4.98 Å². The van der Waals surface area contributed by atoms with Gasteiger partial charge >= 0.3 is 0 Å². The maximum absolute atomic E-state index is 10.4. The molecule has 5 rings (SSSR count). The zero-order chi connectivity index (χ0) is 18.9. The monoisotopic (exact) mass is 362 g/mol. The number of aromatic nitrogens is 2. The first-order chi connectivity index (χ1) is 13.8. The van der Waals surface area contributed by atoms with Gasteiger partial charge in [-0.2, -0.15) is 0 Å². The number of hydrogen-bond acceptors (Lipinski definition) is 2. The lowest BCUT2D eigenvalue weighted by atomic mass is 9.98. The SMILES string of the molecule is Oc1ccccc1-c1ccccc1-c1nc2ccccc2n1-c1ccccc1. The maximum Gasteiger partial charge on any atom is 0.146 e. The Morgan fingerprint density at radius 3 is 1.96 bits per heavy atom. The van der Waals surface area contributed by atoms with Crippen LogP contribution in [0.2, 0.25) is 0 Å². The first kappa shape index (κ1) is 16.3. The van der Waals surface area contributed by atoms with E-state index in [9.17, 15) is 5.11 Å². The van der Waals surface area contributed by atoms with Crippen LogP contribution in [0.15, 0.2) is 103 Å². The third kappa shape index (κ3) is 2.65. The molecule has 1 aromatic heterocycles. The number of nitrogens with zero attached hydrogens (tertiary/aromatic N) is 2. The van der Waals surface area contributed by atoms with Gasteiger partial charge in [0.15, 0.2) is 0 Å². The van der Waals surface area contributed by atoms with Gasteiger partial charge < -0.3 is 5.11 Å². The standard InChI is InChI=1S/C25H18N2O/c28-24-17-9-6-13-20(24)19-12-4-5-14-21(19)25-26-22-15-7-8-16-23(22)27(25)18-10-2-1-3-11-18/h1-17,28H. The Morgan fingerprint density at radius 1 is 0.571 bits per heavy atom. The number of phenolic OH excluding ortho intramolecular Hbond substituents is 1. The summed E-state index contributed by atoms with van der Waals surface area (Å²) in [7, 11) is 0. The Labute approximate surface area is 163 Å². The Morgan fingerprint density at radius 2 is 1.18 bits per heavy atom. The first-order valence-corrected chi connectivity index (χ1v) is 9.23. The predicted molar refractivity (Wildman–Crippen MR) is 114 cm³/mol. The summed E-state index contributed by atoms with van der Waals surface area (Å²) < 4.78 is 2.17. The fourth-order valence-corrected chi connectivity index (χ4v) is 3.66. The van der Waals surface area contributed by atoms with Gasteiger partial charge in [0.1, 0.15) is 11.6 Å². The summed E-state index contributed by atoms with van der Waals surface area (Å²) in [4.78, 5) is 4.96. The summed E-state index contributed by atoms with van der Waals surface area (Å²) in [5.74, 6) is 1.11. The molecular formula is C25H18N2O. The molecule has 0 saturated heterocycles. The molecule has 0 aliphatic carbocycles. The molecule has 1 N–H and O–H groups in total. The molecule has 0 bridgehead atoms. The van der Waals surface area contributed by atoms with Crippen molar-refractivity contribution in [1.29, 1.82) is 0 Å². The molecule has 0 amide bonds. The fourth-order valence-electron chi connectivity index (χ4n) is 3.66. The summed E-state index contributed by atoms with van der Waals surface area (Å²) in [6.07, 6.45) is 0. The van der Waals surface area contributed by atoms with Crippen LogP contribution in [-0.2, 0) is 0 Å². The molecule has 134 valence electrons. The molecule has 5 aromatic rings. The molecular weight excluding hydrogens is 344 g/mol. The zero-order valence-electron chi connectivity index (χ0n) is 15.2. The first-order valence-electron chi connectivity index (χ1n) is 9.23. The van der Waals surface area contributed by atoms with Gasteiger partial charge in [0.2, 0.25) is 0 Å². The number of hydrogen-bond donors (Lipinski definition) is 1. The Bertz CT molecular complexity index is 1270. The van der Waals surface area contributed by atoms with Crippen molar-refractivity contribution in [3.63, 3.8) is 0 Å². The second kappa shape index (κ2) is 6.71. The van der Waals surface area contributed by atoms with Gasteiger partial charge in [0, 0.05) is 16.8 Å². The molecule has 0 saturated carbocycles. The molecule has 0 fully saturated rings. The van der Waals surface area contributed by atoms with Crippen LogP contribution in [0.3, 0.4) is 0 Å². The van der Waals surface area contributed by atoms with E-state index < -0.39 is 0 Å². The summed E-state index contributed by atoms with van der Waals surface area (Å²) in [6.45, 7) is 0. The second-order valence-electron chi connectivity index (χ2n) is 6.66. The average Bonchev–Trinajstić information content (AvgIpc) is 3.14. The van der Waals surface area contributed by atoms with E-state index in [2.05, 4.69) is 28.8 Å². The normalized spacial score (nSPS) is 11.0. The minimum Gasteiger partial charge on any atom is -0.507 e. The van der Waals surface area contributed by atoms with Crippen LogP contribution in [0.4, 0.5) is 0 Å². The molecule has 28 heavy (non-hydrogen) atoms. The highest BCUT2D eigenvalue weighted by Gasteiger charge is 2.18. The van der Waals surface area contributed by atoms with E-state index in [0.29, 0.717) is 0 Å². The van der Waals surface area contributed by atoms with Crippen LogP contribution in [-0.4, -0.2) is 14.7 Å². The number of imidazole rings is 1. The van der Waals surface area contributed by atoms with E-state index in [1.807, 2.05) is 72.8 Å². The number of para-hydroxylation sites is 4. The average molecular weight is 362 g/mol. The minimum absolute atomic E-state index is 0.261. The molecule has 3 nitrogen and oxygen atoms in total. The molecule has 4 aromatic carbocycles. The van der Waals surface area contributed by atoms with Crippen LogP contribution < -0.4 is 0 Å². The van der Waals surface area contributed by atoms with Crippen molar-refractivity contribution in [3.8, 4) is 34.0 Å². The van der Waals surface area contributed by atoms with Crippen molar-refractivity contribution < 1.29 is 5.11 Å². The van der Waals surface area contributed by atoms with Gasteiger partial charge in [-0.3, -0.25) is 4.57 Å². The molecule has 1 heterocycles. The van der Waals surface area contributed by atoms with Crippen molar-refractivity contribution in [1.82, 2.24) is 9.55 Å². The number of fused-ring (bicyclic) bond motifs is 1. The van der Waals surface area contributed by atoms with Crippen LogP contribution >= 0.6 is 0 Å². The summed E-state index contributed by atoms with van der Waals surface area (Å²) >= 11 is 0. The van der Waals surface area contributed by atoms with Crippen molar-refractivity contribution in [2.24, 2.45) is 0 Å². The Hall–Kier alpha value is -3.85. The van der Waals surface area contributed by atoms with Crippen LogP contribution in [0.25, 0.3) is 39.2 Å². The highest BCUT2D eigenvalue weighted by Crippen LogP contribution is 2.38. The highest BCUT2D eigenvalue weighted by molar-refractivity contribution is 5.89. The molecule has 0 radical (unpaired) electrons. The Balaban J connectivity index is 1.84. The number of rotatable bonds is 3. The third-order valence-electron chi connectivity index (χ3n) is 4.94. The van der Waals surface area contributed by atoms with Gasteiger partial charge in [-0.05, 0) is 35.9 Å². The maximum atomic E-state index is 10.4. The third-order valence-corrected chi connectivity index (χ3v) is 4.94. The summed E-state index contributed by atoms with van der Waals surface area (Å²) in [5, 5.41) is 10.4. The van der Waals surface area contributed by atoms with E-state index in [4.69, 9.17) is 4.98 Å². The molecule has 0 aliphatic rings. The van der Waals surface area contributed by atoms with E-state index in [1.54, 1.807) is 6.07 Å². The van der Waals surface area contributed by atoms with Gasteiger partial charge in [0.25, 0.3) is 0 Å². The molecule has 3 heteroatoms. The van der Waals surface area contributed by atoms with Gasteiger partial charge in [-0.15, -0.1) is 0 Å². The molecule has 0 atom stereocenters. The topological polar surface area (TPSA) is 38.1 Å². The lowest BCUT2D eigenvalue weighted by Crippen LogP contribution is -1.98. The number of aromatic hydroxyl groups is 1. The minimum atomic E-state index is 0.261. The summed E-state index contributed by atoms with van der Waals surface area (Å²) in [5.41, 5.74) is 5.77. The van der Waals surface area contributed by atoms with Crippen molar-refractivity contribution >= 4 is 11.0 Å².